The molecule has 2 aliphatic carbocycles. The number of fused-ring (bicyclic) bond motifs is 1. The summed E-state index contributed by atoms with van der Waals surface area (Å²) in [6, 6.07) is 3.38. The lowest BCUT2D eigenvalue weighted by atomic mass is 10.2. The number of rotatable bonds is 7. The van der Waals surface area contributed by atoms with Gasteiger partial charge in [0.1, 0.15) is 25.1 Å². The van der Waals surface area contributed by atoms with Crippen LogP contribution in [0.4, 0.5) is 16.3 Å². The first-order valence-corrected chi connectivity index (χ1v) is 12.9. The number of anilines is 2. The smallest absolute Gasteiger partial charge is 0.331 e. The number of carbonyl (C=O) groups is 2. The average Bonchev–Trinajstić information content (AvgIpc) is 3.85. The van der Waals surface area contributed by atoms with Gasteiger partial charge in [0.15, 0.2) is 11.5 Å². The second-order valence-corrected chi connectivity index (χ2v) is 10.3. The van der Waals surface area contributed by atoms with Gasteiger partial charge < -0.3 is 9.64 Å². The number of nitrogens with zero attached hydrogens (tertiary/aromatic N) is 9. The molecule has 12 nitrogen and oxygen atoms in total. The topological polar surface area (TPSA) is 121 Å². The molecule has 2 saturated carbocycles. The van der Waals surface area contributed by atoms with Crippen LogP contribution in [0.15, 0.2) is 41.8 Å². The third kappa shape index (κ3) is 4.05. The number of amides is 3. The fraction of sp³-hybridized carbons (Fsp3) is 0.423. The second kappa shape index (κ2) is 8.61. The number of allylic oxidation sites excluding steroid dienone is 1. The van der Waals surface area contributed by atoms with Crippen molar-refractivity contribution in [3.8, 4) is 5.75 Å². The number of imidazole rings is 1. The minimum atomic E-state index is -0.364. The van der Waals surface area contributed by atoms with Crippen LogP contribution in [-0.4, -0.2) is 67.1 Å². The van der Waals surface area contributed by atoms with Gasteiger partial charge in [-0.25, -0.2) is 14.3 Å². The highest BCUT2D eigenvalue weighted by atomic mass is 16.5. The highest BCUT2D eigenvalue weighted by Crippen LogP contribution is 2.41. The van der Waals surface area contributed by atoms with E-state index in [1.54, 1.807) is 16.9 Å². The van der Waals surface area contributed by atoms with Crippen molar-refractivity contribution < 1.29 is 14.3 Å². The Morgan fingerprint density at radius 1 is 1.13 bits per heavy atom. The van der Waals surface area contributed by atoms with Crippen molar-refractivity contribution in [2.24, 2.45) is 10.9 Å². The quantitative estimate of drug-likeness (QED) is 0.442. The maximum atomic E-state index is 12.7. The number of hydrogen-bond acceptors (Lipinski definition) is 9. The molecule has 0 spiro atoms. The van der Waals surface area contributed by atoms with Gasteiger partial charge in [-0.15, -0.1) is 5.10 Å². The fourth-order valence-electron chi connectivity index (χ4n) is 4.89. The van der Waals surface area contributed by atoms with Gasteiger partial charge in [-0.3, -0.25) is 19.6 Å². The van der Waals surface area contributed by atoms with Gasteiger partial charge in [0, 0.05) is 36.9 Å². The number of carbonyl (C=O) groups excluding carboxylic acids is 2. The number of urea groups is 1. The van der Waals surface area contributed by atoms with E-state index in [1.165, 1.54) is 11.9 Å². The highest BCUT2D eigenvalue weighted by Gasteiger charge is 2.38. The SMILES string of the molecule is CC1=N[C@H](C2CC2)N(c2cc(OCc3cn4nc(C5CC5)cc(N5CC(=O)N(C)C5=O)c4n3)cnn2)C=C1. The lowest BCUT2D eigenvalue weighted by Crippen LogP contribution is -2.34. The lowest BCUT2D eigenvalue weighted by Gasteiger charge is -2.29. The number of ether oxygens (including phenoxy) is 1. The summed E-state index contributed by atoms with van der Waals surface area (Å²) in [6.07, 6.45) is 11.8. The van der Waals surface area contributed by atoms with Crippen LogP contribution in [0.2, 0.25) is 0 Å². The van der Waals surface area contributed by atoms with E-state index in [-0.39, 0.29) is 31.3 Å². The van der Waals surface area contributed by atoms with Crippen LogP contribution in [0.1, 0.15) is 49.9 Å². The Morgan fingerprint density at radius 3 is 2.71 bits per heavy atom. The van der Waals surface area contributed by atoms with Gasteiger partial charge in [-0.2, -0.15) is 10.2 Å². The van der Waals surface area contributed by atoms with Crippen molar-refractivity contribution >= 4 is 34.8 Å². The molecule has 12 heteroatoms. The molecule has 0 unspecified atom stereocenters. The third-order valence-corrected chi connectivity index (χ3v) is 7.36. The summed E-state index contributed by atoms with van der Waals surface area (Å²) in [4.78, 5) is 39.1. The molecule has 1 atom stereocenters. The predicted octanol–water partition coefficient (Wildman–Crippen LogP) is 2.90. The number of imide groups is 1. The zero-order valence-corrected chi connectivity index (χ0v) is 21.2. The first-order valence-electron chi connectivity index (χ1n) is 12.9. The second-order valence-electron chi connectivity index (χ2n) is 10.3. The third-order valence-electron chi connectivity index (χ3n) is 7.36. The minimum absolute atomic E-state index is 0.0142. The number of hydrogen-bond donors (Lipinski definition) is 0. The van der Waals surface area contributed by atoms with E-state index in [2.05, 4.69) is 15.1 Å². The van der Waals surface area contributed by atoms with E-state index in [4.69, 9.17) is 19.8 Å². The summed E-state index contributed by atoms with van der Waals surface area (Å²) in [5, 5.41) is 13.2. The molecule has 38 heavy (non-hydrogen) atoms. The first-order chi connectivity index (χ1) is 18.4. The molecule has 0 bridgehead atoms. The van der Waals surface area contributed by atoms with Crippen LogP contribution in [0.3, 0.4) is 0 Å². The maximum absolute atomic E-state index is 12.7. The summed E-state index contributed by atoms with van der Waals surface area (Å²) >= 11 is 0. The van der Waals surface area contributed by atoms with Gasteiger partial charge in [0.25, 0.3) is 0 Å². The molecule has 1 saturated heterocycles. The van der Waals surface area contributed by atoms with Gasteiger partial charge >= 0.3 is 6.03 Å². The normalized spacial score (nSPS) is 21.6. The molecule has 3 fully saturated rings. The molecule has 3 aromatic rings. The molecule has 3 aromatic heterocycles. The summed E-state index contributed by atoms with van der Waals surface area (Å²) in [7, 11) is 1.49. The molecule has 5 heterocycles. The van der Waals surface area contributed by atoms with Crippen molar-refractivity contribution in [3.63, 3.8) is 0 Å². The van der Waals surface area contributed by atoms with Crippen LogP contribution >= 0.6 is 0 Å². The van der Waals surface area contributed by atoms with Crippen molar-refractivity contribution in [2.45, 2.75) is 51.3 Å². The van der Waals surface area contributed by atoms with Crippen molar-refractivity contribution in [1.29, 1.82) is 0 Å². The van der Waals surface area contributed by atoms with Crippen molar-refractivity contribution in [1.82, 2.24) is 29.7 Å². The van der Waals surface area contributed by atoms with Crippen LogP contribution in [-0.2, 0) is 11.4 Å². The Bertz CT molecular complexity index is 1520. The number of likely N-dealkylation sites (N-methyl/N-ethyl adjacent to an activating group) is 1. The standard InChI is InChI=1S/C26H27N9O3/c1-15-7-8-33(24(28-15)17-5-6-17)22-9-19(11-27-30-22)38-14-18-12-35-25(29-18)21(10-20(31-35)16-3-4-16)34-13-23(36)32(2)26(34)37/h7-12,16-17,24H,3-6,13-14H2,1-2H3/t24-/m0/s1. The van der Waals surface area contributed by atoms with E-state index in [9.17, 15) is 9.59 Å². The molecule has 0 aromatic carbocycles. The van der Waals surface area contributed by atoms with E-state index in [1.807, 2.05) is 31.3 Å². The van der Waals surface area contributed by atoms with Gasteiger partial charge in [-0.1, -0.05) is 0 Å². The molecule has 194 valence electrons. The molecular weight excluding hydrogens is 486 g/mol. The van der Waals surface area contributed by atoms with E-state index in [0.29, 0.717) is 40.4 Å². The van der Waals surface area contributed by atoms with Gasteiger partial charge in [0.05, 0.1) is 29.5 Å². The molecule has 0 radical (unpaired) electrons. The Balaban J connectivity index is 1.14. The maximum Gasteiger partial charge on any atom is 0.331 e. The lowest BCUT2D eigenvalue weighted by molar-refractivity contribution is -0.123. The monoisotopic (exact) mass is 513 g/mol. The molecule has 0 N–H and O–H groups in total. The Labute approximate surface area is 218 Å². The molecule has 7 rings (SSSR count). The summed E-state index contributed by atoms with van der Waals surface area (Å²) in [5.74, 6) is 1.89. The number of aromatic nitrogens is 5. The summed E-state index contributed by atoms with van der Waals surface area (Å²) < 4.78 is 7.75. The molecule has 2 aliphatic heterocycles. The van der Waals surface area contributed by atoms with E-state index < -0.39 is 0 Å². The Kier molecular flexibility index (Phi) is 5.17. The van der Waals surface area contributed by atoms with Crippen LogP contribution < -0.4 is 14.5 Å². The first kappa shape index (κ1) is 22.8. The van der Waals surface area contributed by atoms with Crippen LogP contribution in [0, 0.1) is 5.92 Å². The van der Waals surface area contributed by atoms with Crippen LogP contribution in [0.25, 0.3) is 5.65 Å². The molecule has 3 amide bonds. The van der Waals surface area contributed by atoms with Gasteiger partial charge in [-0.05, 0) is 44.7 Å². The predicted molar refractivity (Wildman–Crippen MR) is 138 cm³/mol. The summed E-state index contributed by atoms with van der Waals surface area (Å²) in [6.45, 7) is 2.17. The number of aliphatic imine (C=N–C) groups is 1. The van der Waals surface area contributed by atoms with Gasteiger partial charge in [0.2, 0.25) is 5.91 Å². The minimum Gasteiger partial charge on any atom is -0.485 e. The highest BCUT2D eigenvalue weighted by molar-refractivity contribution is 6.13. The largest absolute Gasteiger partial charge is 0.485 e. The van der Waals surface area contributed by atoms with E-state index >= 15 is 0 Å². The summed E-state index contributed by atoms with van der Waals surface area (Å²) in [5.41, 5.74) is 3.65. The van der Waals surface area contributed by atoms with Crippen molar-refractivity contribution in [3.05, 3.63) is 48.2 Å². The Morgan fingerprint density at radius 2 is 1.97 bits per heavy atom. The Hall–Kier alpha value is -4.35. The van der Waals surface area contributed by atoms with Crippen LogP contribution in [0.5, 0.6) is 5.75 Å². The van der Waals surface area contributed by atoms with E-state index in [0.717, 1.165) is 42.0 Å². The average molecular weight is 514 g/mol. The molecule has 4 aliphatic rings. The fourth-order valence-corrected chi connectivity index (χ4v) is 4.89. The van der Waals surface area contributed by atoms with Crippen molar-refractivity contribution in [2.75, 3.05) is 23.4 Å². The zero-order chi connectivity index (χ0) is 26.0. The molecular formula is C26H27N9O3. The zero-order valence-electron chi connectivity index (χ0n) is 21.2.